The van der Waals surface area contributed by atoms with Gasteiger partial charge in [0.2, 0.25) is 0 Å². The van der Waals surface area contributed by atoms with Gasteiger partial charge in [0.05, 0.1) is 12.8 Å². The van der Waals surface area contributed by atoms with Crippen LogP contribution in [0.3, 0.4) is 0 Å². The van der Waals surface area contributed by atoms with Crippen LogP contribution in [0.4, 0.5) is 14.5 Å². The molecule has 0 aromatic heterocycles. The Morgan fingerprint density at radius 1 is 1.10 bits per heavy atom. The summed E-state index contributed by atoms with van der Waals surface area (Å²) in [7, 11) is 1.50. The molecule has 0 saturated heterocycles. The van der Waals surface area contributed by atoms with Crippen LogP contribution in [-0.2, 0) is 5.92 Å². The molecule has 2 aromatic carbocycles. The van der Waals surface area contributed by atoms with Gasteiger partial charge in [-0.25, -0.2) is 0 Å². The second-order valence-corrected chi connectivity index (χ2v) is 4.26. The summed E-state index contributed by atoms with van der Waals surface area (Å²) in [5, 5.41) is 0. The van der Waals surface area contributed by atoms with Crippen LogP contribution in [0.25, 0.3) is 0 Å². The summed E-state index contributed by atoms with van der Waals surface area (Å²) >= 11 is 0. The van der Waals surface area contributed by atoms with Crippen molar-refractivity contribution in [1.82, 2.24) is 0 Å². The van der Waals surface area contributed by atoms with Crippen LogP contribution in [-0.4, -0.2) is 13.7 Å². The van der Waals surface area contributed by atoms with Crippen molar-refractivity contribution in [2.75, 3.05) is 19.5 Å². The van der Waals surface area contributed by atoms with E-state index in [2.05, 4.69) is 0 Å². The van der Waals surface area contributed by atoms with E-state index in [9.17, 15) is 8.78 Å². The number of nitrogens with two attached hydrogens (primary N) is 1. The number of nitrogen functional groups attached to an aromatic ring is 1. The number of halogens is 2. The molecule has 0 unspecified atom stereocenters. The van der Waals surface area contributed by atoms with Crippen molar-refractivity contribution in [3.63, 3.8) is 0 Å². The zero-order valence-electron chi connectivity index (χ0n) is 11.0. The first-order valence-corrected chi connectivity index (χ1v) is 6.02. The van der Waals surface area contributed by atoms with Gasteiger partial charge in [-0.15, -0.1) is 0 Å². The summed E-state index contributed by atoms with van der Waals surface area (Å²) < 4.78 is 38.0. The fraction of sp³-hybridized carbons (Fsp3) is 0.200. The normalized spacial score (nSPS) is 11.2. The Morgan fingerprint density at radius 3 is 2.40 bits per heavy atom. The molecule has 20 heavy (non-hydrogen) atoms. The predicted octanol–water partition coefficient (Wildman–Crippen LogP) is 3.45. The average molecular weight is 279 g/mol. The molecule has 0 heterocycles. The van der Waals surface area contributed by atoms with E-state index in [1.165, 1.54) is 31.4 Å². The molecule has 2 aromatic rings. The summed E-state index contributed by atoms with van der Waals surface area (Å²) in [5.74, 6) is -2.32. The smallest absolute Gasteiger partial charge is 0.306 e. The van der Waals surface area contributed by atoms with E-state index in [0.29, 0.717) is 5.75 Å². The van der Waals surface area contributed by atoms with E-state index >= 15 is 0 Å². The predicted molar refractivity (Wildman–Crippen MR) is 73.2 cm³/mol. The lowest BCUT2D eigenvalue weighted by molar-refractivity contribution is -0.0465. The van der Waals surface area contributed by atoms with E-state index in [1.54, 1.807) is 24.3 Å². The molecular formula is C15H15F2NO2. The van der Waals surface area contributed by atoms with Crippen LogP contribution >= 0.6 is 0 Å². The molecule has 2 rings (SSSR count). The maximum absolute atomic E-state index is 13.9. The highest BCUT2D eigenvalue weighted by Crippen LogP contribution is 2.31. The number of anilines is 1. The van der Waals surface area contributed by atoms with Gasteiger partial charge in [-0.05, 0) is 12.1 Å². The van der Waals surface area contributed by atoms with Gasteiger partial charge in [0.1, 0.15) is 11.5 Å². The summed E-state index contributed by atoms with van der Waals surface area (Å²) in [6, 6.07) is 12.2. The average Bonchev–Trinajstić information content (AvgIpc) is 2.47. The molecule has 0 saturated carbocycles. The Labute approximate surface area is 115 Å². The van der Waals surface area contributed by atoms with E-state index < -0.39 is 12.5 Å². The fourth-order valence-corrected chi connectivity index (χ4v) is 1.72. The third-order valence-electron chi connectivity index (χ3n) is 2.82. The maximum atomic E-state index is 13.9. The van der Waals surface area contributed by atoms with E-state index in [-0.39, 0.29) is 17.0 Å². The topological polar surface area (TPSA) is 44.5 Å². The minimum Gasteiger partial charge on any atom is -0.497 e. The van der Waals surface area contributed by atoms with Crippen molar-refractivity contribution < 1.29 is 18.3 Å². The third-order valence-corrected chi connectivity index (χ3v) is 2.82. The molecular weight excluding hydrogens is 264 g/mol. The van der Waals surface area contributed by atoms with Gasteiger partial charge in [-0.1, -0.05) is 30.3 Å². The molecule has 3 nitrogen and oxygen atoms in total. The number of benzene rings is 2. The maximum Gasteiger partial charge on any atom is 0.306 e. The van der Waals surface area contributed by atoms with Crippen molar-refractivity contribution >= 4 is 5.69 Å². The third kappa shape index (κ3) is 3.17. The molecule has 0 fully saturated rings. The van der Waals surface area contributed by atoms with Crippen LogP contribution in [0.15, 0.2) is 48.5 Å². The van der Waals surface area contributed by atoms with Crippen LogP contribution in [0.5, 0.6) is 11.5 Å². The van der Waals surface area contributed by atoms with Crippen molar-refractivity contribution in [2.24, 2.45) is 0 Å². The minimum atomic E-state index is -3.08. The van der Waals surface area contributed by atoms with Crippen LogP contribution < -0.4 is 15.2 Å². The van der Waals surface area contributed by atoms with E-state index in [4.69, 9.17) is 15.2 Å². The van der Waals surface area contributed by atoms with Crippen molar-refractivity contribution in [1.29, 1.82) is 0 Å². The minimum absolute atomic E-state index is 0.0907. The zero-order valence-corrected chi connectivity index (χ0v) is 11.0. The molecule has 5 heteroatoms. The fourth-order valence-electron chi connectivity index (χ4n) is 1.72. The summed E-state index contributed by atoms with van der Waals surface area (Å²) in [4.78, 5) is 0. The number of hydrogen-bond acceptors (Lipinski definition) is 3. The Kier molecular flexibility index (Phi) is 4.08. The molecule has 0 atom stereocenters. The molecule has 0 bridgehead atoms. The van der Waals surface area contributed by atoms with Gasteiger partial charge in [0, 0.05) is 11.6 Å². The molecule has 0 aliphatic heterocycles. The SMILES string of the molecule is COc1ccc(OCC(F)(F)c2ccccc2)c(N)c1. The van der Waals surface area contributed by atoms with Crippen LogP contribution in [0.1, 0.15) is 5.56 Å². The molecule has 0 aliphatic rings. The standard InChI is InChI=1S/C15H15F2NO2/c1-19-12-7-8-14(13(18)9-12)20-10-15(16,17)11-5-3-2-4-6-11/h2-9H,10,18H2,1H3. The summed E-state index contributed by atoms with van der Waals surface area (Å²) in [5.41, 5.74) is 5.88. The highest BCUT2D eigenvalue weighted by molar-refractivity contribution is 5.56. The first-order chi connectivity index (χ1) is 9.53. The Bertz CT molecular complexity index is 573. The number of hydrogen-bond donors (Lipinski definition) is 1. The van der Waals surface area contributed by atoms with Crippen LogP contribution in [0.2, 0.25) is 0 Å². The Balaban J connectivity index is 2.08. The van der Waals surface area contributed by atoms with E-state index in [1.807, 2.05) is 0 Å². The second-order valence-electron chi connectivity index (χ2n) is 4.26. The summed E-state index contributed by atoms with van der Waals surface area (Å²) in [6.45, 7) is -0.770. The van der Waals surface area contributed by atoms with Crippen molar-refractivity contribution in [3.05, 3.63) is 54.1 Å². The quantitative estimate of drug-likeness (QED) is 0.853. The van der Waals surface area contributed by atoms with Gasteiger partial charge in [0.25, 0.3) is 0 Å². The molecule has 0 aliphatic carbocycles. The molecule has 2 N–H and O–H groups in total. The van der Waals surface area contributed by atoms with Gasteiger partial charge < -0.3 is 15.2 Å². The Morgan fingerprint density at radius 2 is 1.80 bits per heavy atom. The highest BCUT2D eigenvalue weighted by Gasteiger charge is 2.32. The molecule has 0 spiro atoms. The largest absolute Gasteiger partial charge is 0.497 e. The van der Waals surface area contributed by atoms with Crippen molar-refractivity contribution in [3.8, 4) is 11.5 Å². The van der Waals surface area contributed by atoms with E-state index in [0.717, 1.165) is 0 Å². The first kappa shape index (κ1) is 14.1. The van der Waals surface area contributed by atoms with Gasteiger partial charge in [-0.3, -0.25) is 0 Å². The Hall–Kier alpha value is -2.30. The number of ether oxygens (including phenoxy) is 2. The number of methoxy groups -OCH3 is 1. The first-order valence-electron chi connectivity index (χ1n) is 6.02. The van der Waals surface area contributed by atoms with Gasteiger partial charge in [0.15, 0.2) is 6.61 Å². The van der Waals surface area contributed by atoms with Gasteiger partial charge in [-0.2, -0.15) is 8.78 Å². The zero-order chi connectivity index (χ0) is 14.6. The second kappa shape index (κ2) is 5.77. The lowest BCUT2D eigenvalue weighted by atomic mass is 10.1. The van der Waals surface area contributed by atoms with Gasteiger partial charge >= 0.3 is 5.92 Å². The summed E-state index contributed by atoms with van der Waals surface area (Å²) in [6.07, 6.45) is 0. The molecule has 0 amide bonds. The highest BCUT2D eigenvalue weighted by atomic mass is 19.3. The molecule has 106 valence electrons. The van der Waals surface area contributed by atoms with Crippen LogP contribution in [0, 0.1) is 0 Å². The van der Waals surface area contributed by atoms with Crippen molar-refractivity contribution in [2.45, 2.75) is 5.92 Å². The molecule has 0 radical (unpaired) electrons. The number of rotatable bonds is 5. The lowest BCUT2D eigenvalue weighted by Gasteiger charge is -2.18. The number of alkyl halides is 2. The monoisotopic (exact) mass is 279 g/mol. The lowest BCUT2D eigenvalue weighted by Crippen LogP contribution is -2.23.